The zero-order valence-electron chi connectivity index (χ0n) is 9.00. The molecule has 0 aliphatic carbocycles. The van der Waals surface area contributed by atoms with Crippen LogP contribution in [-0.2, 0) is 6.42 Å². The minimum atomic E-state index is 0.641. The Bertz CT molecular complexity index is 289. The van der Waals surface area contributed by atoms with Crippen molar-refractivity contribution in [1.29, 1.82) is 0 Å². The molecule has 1 aromatic rings. The van der Waals surface area contributed by atoms with Crippen molar-refractivity contribution in [3.05, 3.63) is 17.6 Å². The van der Waals surface area contributed by atoms with Gasteiger partial charge in [-0.05, 0) is 20.9 Å². The van der Waals surface area contributed by atoms with Gasteiger partial charge in [-0.3, -0.25) is 0 Å². The summed E-state index contributed by atoms with van der Waals surface area (Å²) in [5, 5.41) is 3.09. The zero-order chi connectivity index (χ0) is 10.4. The largest absolute Gasteiger partial charge is 0.478 e. The van der Waals surface area contributed by atoms with E-state index in [4.69, 9.17) is 4.74 Å². The van der Waals surface area contributed by atoms with E-state index >= 15 is 0 Å². The molecule has 78 valence electrons. The number of nitrogens with one attached hydrogen (secondary N) is 1. The van der Waals surface area contributed by atoms with Gasteiger partial charge in [0, 0.05) is 24.7 Å². The van der Waals surface area contributed by atoms with Crippen LogP contribution in [0.5, 0.6) is 5.88 Å². The molecule has 0 aliphatic heterocycles. The standard InChI is InChI=1S/C10H17N3O/c1-4-14-10-7-9(5-6-11-3)12-8(2)13-10/h7,11H,4-6H2,1-3H3. The Kier molecular flexibility index (Phi) is 4.32. The molecule has 0 atom stereocenters. The Morgan fingerprint density at radius 2 is 2.21 bits per heavy atom. The third-order valence-electron chi connectivity index (χ3n) is 1.79. The average molecular weight is 195 g/mol. The highest BCUT2D eigenvalue weighted by atomic mass is 16.5. The first-order valence-electron chi connectivity index (χ1n) is 4.88. The molecule has 0 radical (unpaired) electrons. The van der Waals surface area contributed by atoms with Gasteiger partial charge in [-0.2, -0.15) is 4.98 Å². The van der Waals surface area contributed by atoms with Crippen LogP contribution in [0.3, 0.4) is 0 Å². The molecular weight excluding hydrogens is 178 g/mol. The molecule has 4 nitrogen and oxygen atoms in total. The van der Waals surface area contributed by atoms with E-state index in [-0.39, 0.29) is 0 Å². The second-order valence-corrected chi connectivity index (χ2v) is 3.03. The molecule has 1 rings (SSSR count). The van der Waals surface area contributed by atoms with Crippen molar-refractivity contribution in [2.75, 3.05) is 20.2 Å². The third-order valence-corrected chi connectivity index (χ3v) is 1.79. The van der Waals surface area contributed by atoms with E-state index in [2.05, 4.69) is 15.3 Å². The van der Waals surface area contributed by atoms with Crippen LogP contribution in [0.25, 0.3) is 0 Å². The maximum Gasteiger partial charge on any atom is 0.216 e. The minimum Gasteiger partial charge on any atom is -0.478 e. The van der Waals surface area contributed by atoms with Gasteiger partial charge in [-0.15, -0.1) is 0 Å². The molecule has 4 heteroatoms. The fourth-order valence-corrected chi connectivity index (χ4v) is 1.20. The highest BCUT2D eigenvalue weighted by Crippen LogP contribution is 2.09. The Labute approximate surface area is 84.7 Å². The Morgan fingerprint density at radius 3 is 2.86 bits per heavy atom. The second-order valence-electron chi connectivity index (χ2n) is 3.03. The Hall–Kier alpha value is -1.16. The van der Waals surface area contributed by atoms with Crippen molar-refractivity contribution < 1.29 is 4.74 Å². The van der Waals surface area contributed by atoms with Gasteiger partial charge >= 0.3 is 0 Å². The van der Waals surface area contributed by atoms with Crippen molar-refractivity contribution in [2.24, 2.45) is 0 Å². The van der Waals surface area contributed by atoms with Crippen LogP contribution in [0, 0.1) is 6.92 Å². The summed E-state index contributed by atoms with van der Waals surface area (Å²) in [7, 11) is 1.93. The molecule has 0 fully saturated rings. The molecule has 0 saturated heterocycles. The van der Waals surface area contributed by atoms with Crippen LogP contribution in [0.4, 0.5) is 0 Å². The van der Waals surface area contributed by atoms with Gasteiger partial charge in [0.1, 0.15) is 5.82 Å². The molecule has 0 aromatic carbocycles. The lowest BCUT2D eigenvalue weighted by Crippen LogP contribution is -2.12. The Morgan fingerprint density at radius 1 is 1.43 bits per heavy atom. The van der Waals surface area contributed by atoms with Crippen LogP contribution < -0.4 is 10.1 Å². The van der Waals surface area contributed by atoms with E-state index in [1.165, 1.54) is 0 Å². The molecule has 0 spiro atoms. The molecule has 0 saturated carbocycles. The van der Waals surface area contributed by atoms with E-state index in [1.54, 1.807) is 0 Å². The normalized spacial score (nSPS) is 10.2. The van der Waals surface area contributed by atoms with E-state index in [0.29, 0.717) is 12.5 Å². The maximum atomic E-state index is 5.34. The van der Waals surface area contributed by atoms with Gasteiger partial charge in [0.05, 0.1) is 6.61 Å². The lowest BCUT2D eigenvalue weighted by atomic mass is 10.3. The van der Waals surface area contributed by atoms with Crippen LogP contribution in [0.2, 0.25) is 0 Å². The van der Waals surface area contributed by atoms with E-state index in [0.717, 1.165) is 24.5 Å². The van der Waals surface area contributed by atoms with Crippen molar-refractivity contribution in [1.82, 2.24) is 15.3 Å². The third kappa shape index (κ3) is 3.30. The fourth-order valence-electron chi connectivity index (χ4n) is 1.20. The lowest BCUT2D eigenvalue weighted by molar-refractivity contribution is 0.324. The van der Waals surface area contributed by atoms with E-state index < -0.39 is 0 Å². The summed E-state index contributed by atoms with van der Waals surface area (Å²) in [5.74, 6) is 1.44. The second kappa shape index (κ2) is 5.54. The first-order valence-corrected chi connectivity index (χ1v) is 4.88. The molecule has 0 unspecified atom stereocenters. The number of hydrogen-bond acceptors (Lipinski definition) is 4. The lowest BCUT2D eigenvalue weighted by Gasteiger charge is -2.05. The van der Waals surface area contributed by atoms with Gasteiger partial charge in [0.15, 0.2) is 0 Å². The van der Waals surface area contributed by atoms with Gasteiger partial charge in [-0.25, -0.2) is 4.98 Å². The molecule has 1 N–H and O–H groups in total. The highest BCUT2D eigenvalue weighted by molar-refractivity contribution is 5.16. The van der Waals surface area contributed by atoms with Crippen LogP contribution in [-0.4, -0.2) is 30.2 Å². The Balaban J connectivity index is 2.73. The number of likely N-dealkylation sites (N-methyl/N-ethyl adjacent to an activating group) is 1. The number of nitrogens with zero attached hydrogens (tertiary/aromatic N) is 2. The predicted octanol–water partition coefficient (Wildman–Crippen LogP) is 0.946. The number of rotatable bonds is 5. The smallest absolute Gasteiger partial charge is 0.216 e. The number of aryl methyl sites for hydroxylation is 1. The SMILES string of the molecule is CCOc1cc(CCNC)nc(C)n1. The van der Waals surface area contributed by atoms with Crippen LogP contribution >= 0.6 is 0 Å². The summed E-state index contributed by atoms with van der Waals surface area (Å²) >= 11 is 0. The molecule has 1 heterocycles. The molecular formula is C10H17N3O. The number of hydrogen-bond donors (Lipinski definition) is 1. The zero-order valence-corrected chi connectivity index (χ0v) is 9.00. The number of aromatic nitrogens is 2. The predicted molar refractivity (Wildman–Crippen MR) is 55.6 cm³/mol. The molecule has 1 aromatic heterocycles. The van der Waals surface area contributed by atoms with Gasteiger partial charge in [0.2, 0.25) is 5.88 Å². The van der Waals surface area contributed by atoms with Gasteiger partial charge in [0.25, 0.3) is 0 Å². The quantitative estimate of drug-likeness (QED) is 0.759. The maximum absolute atomic E-state index is 5.34. The molecule has 14 heavy (non-hydrogen) atoms. The van der Waals surface area contributed by atoms with E-state index in [1.807, 2.05) is 27.0 Å². The van der Waals surface area contributed by atoms with Gasteiger partial charge < -0.3 is 10.1 Å². The average Bonchev–Trinajstić information content (AvgIpc) is 2.14. The molecule has 0 amide bonds. The first kappa shape index (κ1) is 10.9. The van der Waals surface area contributed by atoms with Crippen LogP contribution in [0.1, 0.15) is 18.4 Å². The van der Waals surface area contributed by atoms with Crippen molar-refractivity contribution in [3.8, 4) is 5.88 Å². The summed E-state index contributed by atoms with van der Waals surface area (Å²) in [4.78, 5) is 8.50. The summed E-state index contributed by atoms with van der Waals surface area (Å²) in [6.45, 7) is 5.39. The summed E-state index contributed by atoms with van der Waals surface area (Å²) < 4.78 is 5.34. The van der Waals surface area contributed by atoms with Gasteiger partial charge in [-0.1, -0.05) is 0 Å². The summed E-state index contributed by atoms with van der Waals surface area (Å²) in [5.41, 5.74) is 1.02. The molecule has 0 aliphatic rings. The molecule has 0 bridgehead atoms. The topological polar surface area (TPSA) is 47.0 Å². The monoisotopic (exact) mass is 195 g/mol. The number of ether oxygens (including phenoxy) is 1. The van der Waals surface area contributed by atoms with Crippen molar-refractivity contribution in [2.45, 2.75) is 20.3 Å². The van der Waals surface area contributed by atoms with Crippen LogP contribution in [0.15, 0.2) is 6.07 Å². The van der Waals surface area contributed by atoms with Crippen molar-refractivity contribution in [3.63, 3.8) is 0 Å². The summed E-state index contributed by atoms with van der Waals surface area (Å²) in [6.07, 6.45) is 0.903. The summed E-state index contributed by atoms with van der Waals surface area (Å²) in [6, 6.07) is 1.90. The first-order chi connectivity index (χ1) is 6.76. The fraction of sp³-hybridized carbons (Fsp3) is 0.600. The minimum absolute atomic E-state index is 0.641. The van der Waals surface area contributed by atoms with E-state index in [9.17, 15) is 0 Å². The van der Waals surface area contributed by atoms with Crippen molar-refractivity contribution >= 4 is 0 Å². The highest BCUT2D eigenvalue weighted by Gasteiger charge is 2.01.